The highest BCUT2D eigenvalue weighted by atomic mass is 16.5. The molecular weight excluding hydrogens is 256 g/mol. The number of hydrogen-bond donors (Lipinski definition) is 1. The van der Waals surface area contributed by atoms with E-state index in [1.165, 1.54) is 6.42 Å². The van der Waals surface area contributed by atoms with Crippen LogP contribution in [0.15, 0.2) is 12.3 Å². The van der Waals surface area contributed by atoms with Crippen LogP contribution >= 0.6 is 0 Å². The van der Waals surface area contributed by atoms with Gasteiger partial charge in [-0.2, -0.15) is 0 Å². The van der Waals surface area contributed by atoms with Crippen molar-refractivity contribution in [3.8, 4) is 0 Å². The summed E-state index contributed by atoms with van der Waals surface area (Å²) in [7, 11) is 1.60. The molecule has 1 aromatic heterocycles. The second kappa shape index (κ2) is 5.36. The van der Waals surface area contributed by atoms with E-state index in [0.29, 0.717) is 18.2 Å². The van der Waals surface area contributed by atoms with Crippen molar-refractivity contribution >= 4 is 11.8 Å². The number of rotatable bonds is 3. The molecule has 1 N–H and O–H groups in total. The van der Waals surface area contributed by atoms with Gasteiger partial charge in [0.25, 0.3) is 0 Å². The molecule has 6 nitrogen and oxygen atoms in total. The highest BCUT2D eigenvalue weighted by Gasteiger charge is 2.47. The Bertz CT molecular complexity index is 502. The van der Waals surface area contributed by atoms with Crippen molar-refractivity contribution in [1.82, 2.24) is 14.9 Å². The summed E-state index contributed by atoms with van der Waals surface area (Å²) >= 11 is 0. The molecule has 1 saturated carbocycles. The SMILES string of the molecule is COCc1nccc(NC(=O)N2CCCC23CCC3)n1. The summed E-state index contributed by atoms with van der Waals surface area (Å²) < 4.78 is 5.00. The molecule has 0 unspecified atom stereocenters. The van der Waals surface area contributed by atoms with E-state index in [1.54, 1.807) is 19.4 Å². The topological polar surface area (TPSA) is 67.3 Å². The number of likely N-dealkylation sites (tertiary alicyclic amines) is 1. The zero-order chi connectivity index (χ0) is 14.0. The second-order valence-corrected chi connectivity index (χ2v) is 5.55. The van der Waals surface area contributed by atoms with Gasteiger partial charge in [0.05, 0.1) is 0 Å². The highest BCUT2D eigenvalue weighted by Crippen LogP contribution is 2.45. The molecule has 108 valence electrons. The zero-order valence-corrected chi connectivity index (χ0v) is 11.8. The molecule has 2 aliphatic rings. The Kier molecular flexibility index (Phi) is 3.56. The first-order valence-electron chi connectivity index (χ1n) is 7.13. The van der Waals surface area contributed by atoms with E-state index in [0.717, 1.165) is 32.2 Å². The fourth-order valence-electron chi connectivity index (χ4n) is 3.20. The van der Waals surface area contributed by atoms with Crippen LogP contribution in [0.5, 0.6) is 0 Å². The summed E-state index contributed by atoms with van der Waals surface area (Å²) in [5, 5.41) is 2.89. The average molecular weight is 276 g/mol. The Morgan fingerprint density at radius 1 is 1.45 bits per heavy atom. The molecule has 0 radical (unpaired) electrons. The third-order valence-electron chi connectivity index (χ3n) is 4.34. The van der Waals surface area contributed by atoms with Gasteiger partial charge in [-0.1, -0.05) is 0 Å². The van der Waals surface area contributed by atoms with Crippen molar-refractivity contribution < 1.29 is 9.53 Å². The summed E-state index contributed by atoms with van der Waals surface area (Å²) in [6, 6.07) is 1.67. The molecule has 1 saturated heterocycles. The van der Waals surface area contributed by atoms with Crippen LogP contribution in [0, 0.1) is 0 Å². The van der Waals surface area contributed by atoms with Gasteiger partial charge >= 0.3 is 6.03 Å². The lowest BCUT2D eigenvalue weighted by atomic mass is 9.75. The molecule has 0 aromatic carbocycles. The number of carbonyl (C=O) groups is 1. The van der Waals surface area contributed by atoms with Crippen molar-refractivity contribution in [3.63, 3.8) is 0 Å². The van der Waals surface area contributed by atoms with Gasteiger partial charge in [-0.3, -0.25) is 5.32 Å². The monoisotopic (exact) mass is 276 g/mol. The van der Waals surface area contributed by atoms with Crippen LogP contribution in [0.2, 0.25) is 0 Å². The number of ether oxygens (including phenoxy) is 1. The molecular formula is C14H20N4O2. The highest BCUT2D eigenvalue weighted by molar-refractivity contribution is 5.89. The standard InChI is InChI=1S/C14H20N4O2/c1-20-10-12-15-8-4-11(16-12)17-13(19)18-9-3-7-14(18)5-2-6-14/h4,8H,2-3,5-7,9-10H2,1H3,(H,15,16,17,19). The number of anilines is 1. The maximum atomic E-state index is 12.4. The lowest BCUT2D eigenvalue weighted by Gasteiger charge is -2.45. The lowest BCUT2D eigenvalue weighted by Crippen LogP contribution is -2.53. The van der Waals surface area contributed by atoms with Crippen LogP contribution in [-0.4, -0.2) is 40.1 Å². The number of hydrogen-bond acceptors (Lipinski definition) is 4. The molecule has 20 heavy (non-hydrogen) atoms. The number of methoxy groups -OCH3 is 1. The van der Waals surface area contributed by atoms with Gasteiger partial charge in [-0.25, -0.2) is 14.8 Å². The van der Waals surface area contributed by atoms with Crippen molar-refractivity contribution in [1.29, 1.82) is 0 Å². The predicted molar refractivity (Wildman–Crippen MR) is 74.3 cm³/mol. The van der Waals surface area contributed by atoms with Crippen LogP contribution in [0.3, 0.4) is 0 Å². The molecule has 1 aromatic rings. The fourth-order valence-corrected chi connectivity index (χ4v) is 3.20. The minimum absolute atomic E-state index is 0.0377. The Hall–Kier alpha value is -1.69. The fraction of sp³-hybridized carbons (Fsp3) is 0.643. The smallest absolute Gasteiger partial charge is 0.323 e. The van der Waals surface area contributed by atoms with E-state index in [4.69, 9.17) is 4.74 Å². The first-order chi connectivity index (χ1) is 9.73. The molecule has 1 aliphatic carbocycles. The first-order valence-corrected chi connectivity index (χ1v) is 7.13. The molecule has 2 heterocycles. The maximum Gasteiger partial charge on any atom is 0.323 e. The molecule has 0 atom stereocenters. The minimum atomic E-state index is -0.0377. The molecule has 2 fully saturated rings. The van der Waals surface area contributed by atoms with Gasteiger partial charge in [0.2, 0.25) is 0 Å². The van der Waals surface area contributed by atoms with Gasteiger partial charge in [0.15, 0.2) is 5.82 Å². The molecule has 1 spiro atoms. The molecule has 6 heteroatoms. The summed E-state index contributed by atoms with van der Waals surface area (Å²) in [4.78, 5) is 22.8. The third-order valence-corrected chi connectivity index (χ3v) is 4.34. The van der Waals surface area contributed by atoms with Crippen molar-refractivity contribution in [2.45, 2.75) is 44.2 Å². The van der Waals surface area contributed by atoms with Gasteiger partial charge in [0.1, 0.15) is 12.4 Å². The number of urea groups is 1. The summed E-state index contributed by atoms with van der Waals surface area (Å²) in [6.07, 6.45) is 7.39. The largest absolute Gasteiger partial charge is 0.377 e. The molecule has 2 amide bonds. The minimum Gasteiger partial charge on any atom is -0.377 e. The summed E-state index contributed by atoms with van der Waals surface area (Å²) in [5.41, 5.74) is 0.131. The van der Waals surface area contributed by atoms with Crippen LogP contribution in [0.4, 0.5) is 10.6 Å². The number of amides is 2. The third kappa shape index (κ3) is 2.35. The van der Waals surface area contributed by atoms with E-state index in [-0.39, 0.29) is 11.6 Å². The quantitative estimate of drug-likeness (QED) is 0.918. The Labute approximate surface area is 118 Å². The second-order valence-electron chi connectivity index (χ2n) is 5.55. The zero-order valence-electron chi connectivity index (χ0n) is 11.8. The summed E-state index contributed by atoms with van der Waals surface area (Å²) in [5.74, 6) is 1.11. The molecule has 3 rings (SSSR count). The van der Waals surface area contributed by atoms with E-state index < -0.39 is 0 Å². The van der Waals surface area contributed by atoms with E-state index in [9.17, 15) is 4.79 Å². The number of nitrogens with zero attached hydrogens (tertiary/aromatic N) is 3. The van der Waals surface area contributed by atoms with Gasteiger partial charge in [-0.15, -0.1) is 0 Å². The van der Waals surface area contributed by atoms with E-state index in [2.05, 4.69) is 15.3 Å². The van der Waals surface area contributed by atoms with Gasteiger partial charge < -0.3 is 9.64 Å². The van der Waals surface area contributed by atoms with Gasteiger partial charge in [-0.05, 0) is 38.2 Å². The van der Waals surface area contributed by atoms with Gasteiger partial charge in [0, 0.05) is 25.4 Å². The van der Waals surface area contributed by atoms with E-state index >= 15 is 0 Å². The Morgan fingerprint density at radius 2 is 2.25 bits per heavy atom. The predicted octanol–water partition coefficient (Wildman–Crippen LogP) is 2.17. The van der Waals surface area contributed by atoms with Crippen molar-refractivity contribution in [2.75, 3.05) is 19.0 Å². The van der Waals surface area contributed by atoms with Crippen molar-refractivity contribution in [2.24, 2.45) is 0 Å². The van der Waals surface area contributed by atoms with E-state index in [1.807, 2.05) is 4.90 Å². The normalized spacial score (nSPS) is 19.9. The summed E-state index contributed by atoms with van der Waals surface area (Å²) in [6.45, 7) is 1.19. The molecule has 1 aliphatic heterocycles. The molecule has 0 bridgehead atoms. The number of nitrogens with one attached hydrogen (secondary N) is 1. The number of carbonyl (C=O) groups excluding carboxylic acids is 1. The Balaban J connectivity index is 1.68. The Morgan fingerprint density at radius 3 is 2.95 bits per heavy atom. The first kappa shape index (κ1) is 13.3. The van der Waals surface area contributed by atoms with Crippen LogP contribution in [0.1, 0.15) is 37.9 Å². The van der Waals surface area contributed by atoms with Crippen molar-refractivity contribution in [3.05, 3.63) is 18.1 Å². The maximum absolute atomic E-state index is 12.4. The number of aromatic nitrogens is 2. The van der Waals surface area contributed by atoms with Crippen LogP contribution in [0.25, 0.3) is 0 Å². The van der Waals surface area contributed by atoms with Crippen LogP contribution in [-0.2, 0) is 11.3 Å². The average Bonchev–Trinajstić information content (AvgIpc) is 2.84. The lowest BCUT2D eigenvalue weighted by molar-refractivity contribution is 0.0881. The van der Waals surface area contributed by atoms with Crippen LogP contribution < -0.4 is 5.32 Å².